The van der Waals surface area contributed by atoms with Crippen LogP contribution in [0.25, 0.3) is 17.0 Å². The molecule has 0 N–H and O–H groups in total. The van der Waals surface area contributed by atoms with Crippen LogP contribution in [0.15, 0.2) is 47.5 Å². The number of carbonyl (C=O) groups excluding carboxylic acids is 2. The van der Waals surface area contributed by atoms with Crippen LogP contribution in [0.1, 0.15) is 29.5 Å². The summed E-state index contributed by atoms with van der Waals surface area (Å²) in [5.41, 5.74) is 0.574. The fourth-order valence-corrected chi connectivity index (χ4v) is 5.91. The van der Waals surface area contributed by atoms with Gasteiger partial charge in [-0.1, -0.05) is 23.7 Å². The number of aromatic nitrogens is 2. The van der Waals surface area contributed by atoms with Crippen molar-refractivity contribution in [2.75, 3.05) is 33.4 Å². The lowest BCUT2D eigenvalue weighted by atomic mass is 10.1. The number of morpholine rings is 1. The van der Waals surface area contributed by atoms with Crippen molar-refractivity contribution in [2.24, 2.45) is 0 Å². The third kappa shape index (κ3) is 7.13. The minimum atomic E-state index is -4.53. The first kappa shape index (κ1) is 30.7. The van der Waals surface area contributed by atoms with E-state index in [0.29, 0.717) is 21.4 Å². The largest absolute Gasteiger partial charge is 0.416 e. The number of rotatable bonds is 3. The van der Waals surface area contributed by atoms with E-state index in [1.165, 1.54) is 49.8 Å². The number of benzene rings is 2. The molecule has 0 saturated carbocycles. The minimum Gasteiger partial charge on any atom is -0.378 e. The SMILES string of the molecule is C#C.C1C[C@H]2COCCN2C1.CN1C(=O)S/C(=C\c2ccc3c(cnn3Cc3ccc(Cl)cc3C(F)(F)F)c2)C1=O. The number of fused-ring (bicyclic) bond motifs is 2. The number of hydrogen-bond acceptors (Lipinski definition) is 6. The van der Waals surface area contributed by atoms with Crippen LogP contribution in [-0.4, -0.2) is 70.1 Å². The number of ether oxygens (including phenoxy) is 1. The van der Waals surface area contributed by atoms with Crippen LogP contribution < -0.4 is 0 Å². The standard InChI is InChI=1S/C20H13ClF3N3O2S.C7H13NO.C2H2/c1-26-18(28)17(30-19(26)29)7-11-2-5-16-13(6-11)9-25-27(16)10-12-3-4-14(21)8-15(12)20(22,23)24;1-2-7-6-9-5-4-8(7)3-1;1-2/h2-9H,10H2,1H3;7H,1-6H2;1-2H/b17-7-;;/t;7-;/m.0./s1. The number of imide groups is 1. The highest BCUT2D eigenvalue weighted by molar-refractivity contribution is 8.18. The van der Waals surface area contributed by atoms with Gasteiger partial charge < -0.3 is 4.74 Å². The van der Waals surface area contributed by atoms with Crippen molar-refractivity contribution in [1.82, 2.24) is 19.6 Å². The lowest BCUT2D eigenvalue weighted by molar-refractivity contribution is -0.138. The Morgan fingerprint density at radius 3 is 2.63 bits per heavy atom. The van der Waals surface area contributed by atoms with Gasteiger partial charge in [-0.15, -0.1) is 12.8 Å². The Balaban J connectivity index is 0.000000294. The Morgan fingerprint density at radius 2 is 1.95 bits per heavy atom. The van der Waals surface area contributed by atoms with E-state index in [1.54, 1.807) is 30.5 Å². The van der Waals surface area contributed by atoms with Gasteiger partial charge in [-0.3, -0.25) is 24.1 Å². The molecule has 2 aromatic carbocycles. The number of carbonyl (C=O) groups is 2. The number of terminal acetylenes is 1. The van der Waals surface area contributed by atoms with Gasteiger partial charge in [0.2, 0.25) is 0 Å². The molecule has 6 rings (SSSR count). The Hall–Kier alpha value is -3.30. The summed E-state index contributed by atoms with van der Waals surface area (Å²) >= 11 is 6.59. The van der Waals surface area contributed by atoms with Crippen LogP contribution in [0.2, 0.25) is 5.02 Å². The number of likely N-dealkylation sites (N-methyl/N-ethyl adjacent to an activating group) is 1. The van der Waals surface area contributed by atoms with Gasteiger partial charge in [0, 0.05) is 30.0 Å². The van der Waals surface area contributed by atoms with E-state index < -0.39 is 11.7 Å². The van der Waals surface area contributed by atoms with Gasteiger partial charge in [-0.05, 0) is 72.6 Å². The van der Waals surface area contributed by atoms with Crippen LogP contribution in [0.5, 0.6) is 0 Å². The van der Waals surface area contributed by atoms with E-state index in [1.807, 2.05) is 0 Å². The number of thioether (sulfide) groups is 1. The van der Waals surface area contributed by atoms with Gasteiger partial charge in [-0.25, -0.2) is 0 Å². The molecule has 41 heavy (non-hydrogen) atoms. The summed E-state index contributed by atoms with van der Waals surface area (Å²) < 4.78 is 46.9. The Kier molecular flexibility index (Phi) is 9.81. The number of nitrogens with zero attached hydrogens (tertiary/aromatic N) is 4. The third-order valence-electron chi connectivity index (χ3n) is 6.98. The van der Waals surface area contributed by atoms with Crippen molar-refractivity contribution in [3.63, 3.8) is 0 Å². The Bertz CT molecular complexity index is 1470. The topological polar surface area (TPSA) is 67.7 Å². The quantitative estimate of drug-likeness (QED) is 0.264. The first-order valence-electron chi connectivity index (χ1n) is 12.8. The summed E-state index contributed by atoms with van der Waals surface area (Å²) in [7, 11) is 1.41. The highest BCUT2D eigenvalue weighted by Gasteiger charge is 2.34. The molecule has 12 heteroatoms. The summed E-state index contributed by atoms with van der Waals surface area (Å²) in [6, 6.07) is 9.63. The first-order valence-corrected chi connectivity index (χ1v) is 14.0. The molecule has 0 spiro atoms. The average Bonchev–Trinajstić information content (AvgIpc) is 3.66. The van der Waals surface area contributed by atoms with E-state index in [2.05, 4.69) is 22.8 Å². The number of hydrogen-bond donors (Lipinski definition) is 0. The van der Waals surface area contributed by atoms with Crippen LogP contribution in [0.3, 0.4) is 0 Å². The predicted molar refractivity (Wildman–Crippen MR) is 154 cm³/mol. The maximum Gasteiger partial charge on any atom is 0.416 e. The maximum atomic E-state index is 13.4. The second-order valence-electron chi connectivity index (χ2n) is 9.57. The van der Waals surface area contributed by atoms with Crippen molar-refractivity contribution in [3.05, 3.63) is 69.2 Å². The molecule has 3 fully saturated rings. The Labute approximate surface area is 245 Å². The molecule has 1 aromatic heterocycles. The van der Waals surface area contributed by atoms with Crippen LogP contribution >= 0.6 is 23.4 Å². The van der Waals surface area contributed by atoms with E-state index in [-0.39, 0.29) is 28.3 Å². The fraction of sp³-hybridized carbons (Fsp3) is 0.345. The van der Waals surface area contributed by atoms with Gasteiger partial charge in [0.1, 0.15) is 0 Å². The average molecular weight is 605 g/mol. The summed E-state index contributed by atoms with van der Waals surface area (Å²) in [4.78, 5) is 27.5. The molecule has 0 bridgehead atoms. The highest BCUT2D eigenvalue weighted by atomic mass is 35.5. The Morgan fingerprint density at radius 1 is 1.17 bits per heavy atom. The lowest BCUT2D eigenvalue weighted by Crippen LogP contribution is -2.40. The van der Waals surface area contributed by atoms with Gasteiger partial charge >= 0.3 is 6.18 Å². The molecule has 7 nitrogen and oxygen atoms in total. The molecular formula is C29H28ClF3N4O3S. The summed E-state index contributed by atoms with van der Waals surface area (Å²) in [6.45, 7) is 4.35. The zero-order chi connectivity index (χ0) is 29.7. The van der Waals surface area contributed by atoms with Gasteiger partial charge in [0.05, 0.1) is 41.9 Å². The van der Waals surface area contributed by atoms with Gasteiger partial charge in [0.15, 0.2) is 0 Å². The van der Waals surface area contributed by atoms with Gasteiger partial charge in [0.25, 0.3) is 11.1 Å². The highest BCUT2D eigenvalue weighted by Crippen LogP contribution is 2.35. The predicted octanol–water partition coefficient (Wildman–Crippen LogP) is 6.15. The fourth-order valence-electron chi connectivity index (χ4n) is 4.91. The van der Waals surface area contributed by atoms with E-state index >= 15 is 0 Å². The molecule has 0 radical (unpaired) electrons. The van der Waals surface area contributed by atoms with Crippen LogP contribution in [0.4, 0.5) is 18.0 Å². The summed E-state index contributed by atoms with van der Waals surface area (Å²) in [5, 5.41) is 4.57. The van der Waals surface area contributed by atoms with Crippen molar-refractivity contribution in [3.8, 4) is 12.8 Å². The smallest absolute Gasteiger partial charge is 0.378 e. The maximum absolute atomic E-state index is 13.4. The summed E-state index contributed by atoms with van der Waals surface area (Å²) in [6.07, 6.45) is 9.36. The molecule has 4 heterocycles. The zero-order valence-electron chi connectivity index (χ0n) is 22.2. The molecule has 3 aliphatic rings. The van der Waals surface area contributed by atoms with Crippen LogP contribution in [-0.2, 0) is 22.3 Å². The molecule has 3 aromatic rings. The normalized spacial score (nSPS) is 20.0. The van der Waals surface area contributed by atoms with Crippen molar-refractivity contribution in [2.45, 2.75) is 31.6 Å². The number of halogens is 4. The second-order valence-corrected chi connectivity index (χ2v) is 11.0. The molecule has 2 amide bonds. The van der Waals surface area contributed by atoms with Crippen molar-refractivity contribution < 1.29 is 27.5 Å². The zero-order valence-corrected chi connectivity index (χ0v) is 23.8. The van der Waals surface area contributed by atoms with E-state index in [0.717, 1.165) is 42.0 Å². The monoisotopic (exact) mass is 604 g/mol. The molecule has 3 aliphatic heterocycles. The molecular weight excluding hydrogens is 577 g/mol. The molecule has 0 aliphatic carbocycles. The first-order chi connectivity index (χ1) is 19.6. The van der Waals surface area contributed by atoms with E-state index in [4.69, 9.17) is 16.3 Å². The second kappa shape index (κ2) is 13.1. The minimum absolute atomic E-state index is 0.0116. The molecule has 3 saturated heterocycles. The lowest BCUT2D eigenvalue weighted by Gasteiger charge is -2.28. The molecule has 0 unspecified atom stereocenters. The van der Waals surface area contributed by atoms with Gasteiger partial charge in [-0.2, -0.15) is 18.3 Å². The third-order valence-corrected chi connectivity index (χ3v) is 8.18. The number of amides is 2. The number of alkyl halides is 3. The molecule has 216 valence electrons. The van der Waals surface area contributed by atoms with Crippen molar-refractivity contribution in [1.29, 1.82) is 0 Å². The van der Waals surface area contributed by atoms with Crippen molar-refractivity contribution >= 4 is 51.5 Å². The van der Waals surface area contributed by atoms with Crippen LogP contribution in [0, 0.1) is 12.8 Å². The van der Waals surface area contributed by atoms with E-state index in [9.17, 15) is 22.8 Å². The molecule has 1 atom stereocenters. The summed E-state index contributed by atoms with van der Waals surface area (Å²) in [5.74, 6) is -0.372.